The SMILES string of the molecule is CN(C)C.CN(C)C(N(C)C)(N(C)C)N(C)C.CN(C)C(N(C)C)N(C)C.CN(C)CN(C)C.CN(C)CN(C)CN(C)CN(C)C.CN(C)CN(CN(C)C)CN(C)C. The van der Waals surface area contributed by atoms with Gasteiger partial charge >= 0.3 is 0 Å². The molecule has 60 heavy (non-hydrogen) atoms. The second-order valence-electron chi connectivity index (χ2n) is 19.7. The lowest BCUT2D eigenvalue weighted by Gasteiger charge is -2.53. The molecule has 0 rings (SSSR count). The average molecular weight is 871 g/mol. The van der Waals surface area contributed by atoms with Crippen LogP contribution in [0, 0.1) is 0 Å². The highest BCUT2D eigenvalue weighted by atomic mass is 15.7. The third kappa shape index (κ3) is 45.3. The third-order valence-electron chi connectivity index (χ3n) is 7.33. The smallest absolute Gasteiger partial charge is 0.189 e. The van der Waals surface area contributed by atoms with Crippen LogP contribution in [0.1, 0.15) is 0 Å². The Bertz CT molecular complexity index is 776. The van der Waals surface area contributed by atoms with Gasteiger partial charge in [-0.25, -0.2) is 0 Å². The van der Waals surface area contributed by atoms with Crippen LogP contribution >= 0.6 is 0 Å². The first-order valence-electron chi connectivity index (χ1n) is 20.9. The van der Waals surface area contributed by atoms with Gasteiger partial charge in [-0.05, 0) is 233 Å². The fraction of sp³-hybridized carbons (Fsp3) is 1.00. The second-order valence-corrected chi connectivity index (χ2v) is 19.7. The molecule has 0 spiro atoms. The van der Waals surface area contributed by atoms with E-state index in [4.69, 9.17) is 0 Å². The van der Waals surface area contributed by atoms with Gasteiger partial charge in [-0.3, -0.25) is 83.3 Å². The van der Waals surface area contributed by atoms with Gasteiger partial charge in [0.15, 0.2) is 5.91 Å². The standard InChI is InChI=1S/3C9H24N4.C7H19N3.C5H14N2.C3H9N/c1-10(2)9(11(3)4,12(5)6)13(7)8;1-10(2)7-12(5)9-13(6)8-11(3)4;1-10(2)7-13(8-11(3)4)9-12(5)6;1-8(2)7(9(3)4)10(5)6;1-6(2)5-7(3)4;1-4(2)3/h1-8H3;2*7-9H2,1-6H3;7H,1-6H3;5H2,1-4H3;1-3H3. The summed E-state index contributed by atoms with van der Waals surface area (Å²) in [4.78, 5) is 39.3. The van der Waals surface area contributed by atoms with Gasteiger partial charge in [0.1, 0.15) is 6.29 Å². The Morgan fingerprint density at radius 3 is 0.517 bits per heavy atom. The molecule has 0 saturated heterocycles. The van der Waals surface area contributed by atoms with E-state index in [9.17, 15) is 0 Å². The van der Waals surface area contributed by atoms with Gasteiger partial charge in [0.25, 0.3) is 0 Å². The minimum absolute atomic E-state index is 0.167. The Labute approximate surface area is 378 Å². The summed E-state index contributed by atoms with van der Waals surface area (Å²) in [5.74, 6) is -0.167. The van der Waals surface area contributed by atoms with Crippen molar-refractivity contribution in [2.45, 2.75) is 12.2 Å². The first-order chi connectivity index (χ1) is 26.9. The third-order valence-corrected chi connectivity index (χ3v) is 7.33. The molecule has 0 aliphatic rings. The summed E-state index contributed by atoms with van der Waals surface area (Å²) in [5, 5.41) is 0. The lowest BCUT2D eigenvalue weighted by Crippen LogP contribution is -2.71. The quantitative estimate of drug-likeness (QED) is 0.142. The maximum Gasteiger partial charge on any atom is 0.189 e. The van der Waals surface area contributed by atoms with Gasteiger partial charge in [-0.1, -0.05) is 0 Å². The molecule has 0 N–H and O–H groups in total. The summed E-state index contributed by atoms with van der Waals surface area (Å²) in [7, 11) is 68.5. The van der Waals surface area contributed by atoms with Crippen molar-refractivity contribution in [2.75, 3.05) is 279 Å². The van der Waals surface area contributed by atoms with E-state index in [2.05, 4.69) is 295 Å². The van der Waals surface area contributed by atoms with Gasteiger partial charge in [0.2, 0.25) is 0 Å². The molecular formula is C42H114N18. The van der Waals surface area contributed by atoms with E-state index in [1.54, 1.807) is 0 Å². The van der Waals surface area contributed by atoms with Gasteiger partial charge in [-0.15, -0.1) is 0 Å². The number of hydrogen-bond acceptors (Lipinski definition) is 18. The predicted octanol–water partition coefficient (Wildman–Crippen LogP) is -0.265. The topological polar surface area (TPSA) is 58.3 Å². The number of hydrogen-bond donors (Lipinski definition) is 0. The van der Waals surface area contributed by atoms with Crippen molar-refractivity contribution in [3.63, 3.8) is 0 Å². The first kappa shape index (κ1) is 70.9. The molecule has 0 heterocycles. The molecule has 0 aromatic carbocycles. The van der Waals surface area contributed by atoms with Crippen molar-refractivity contribution >= 4 is 0 Å². The lowest BCUT2D eigenvalue weighted by molar-refractivity contribution is -0.200. The normalized spacial score (nSPS) is 12.4. The van der Waals surface area contributed by atoms with E-state index in [-0.39, 0.29) is 5.91 Å². The fourth-order valence-electron chi connectivity index (χ4n) is 7.15. The largest absolute Gasteiger partial charge is 0.312 e. The van der Waals surface area contributed by atoms with Crippen LogP contribution in [0.5, 0.6) is 0 Å². The number of rotatable bonds is 21. The molecule has 18 nitrogen and oxygen atoms in total. The molecule has 0 aliphatic carbocycles. The molecule has 0 fully saturated rings. The zero-order valence-electron chi connectivity index (χ0n) is 47.1. The summed E-state index contributed by atoms with van der Waals surface area (Å²) in [6.07, 6.45) is 0.389. The molecule has 0 bridgehead atoms. The molecule has 0 atom stereocenters. The minimum atomic E-state index is -0.167. The molecule has 0 aromatic heterocycles. The molecule has 372 valence electrons. The first-order valence-corrected chi connectivity index (χ1v) is 20.9. The van der Waals surface area contributed by atoms with Gasteiger partial charge < -0.3 is 4.90 Å². The van der Waals surface area contributed by atoms with Gasteiger partial charge in [0.05, 0.1) is 40.0 Å². The van der Waals surface area contributed by atoms with Crippen LogP contribution < -0.4 is 0 Å². The van der Waals surface area contributed by atoms with Gasteiger partial charge in [-0.2, -0.15) is 0 Å². The van der Waals surface area contributed by atoms with Crippen molar-refractivity contribution in [2.24, 2.45) is 0 Å². The molecule has 18 heteroatoms. The summed E-state index contributed by atoms with van der Waals surface area (Å²) in [6.45, 7) is 7.01. The van der Waals surface area contributed by atoms with Crippen molar-refractivity contribution in [1.29, 1.82) is 0 Å². The molecule has 0 aromatic rings. The monoisotopic (exact) mass is 871 g/mol. The highest BCUT2D eigenvalue weighted by molar-refractivity contribution is 4.79. The van der Waals surface area contributed by atoms with Crippen molar-refractivity contribution in [3.8, 4) is 0 Å². The van der Waals surface area contributed by atoms with Crippen molar-refractivity contribution < 1.29 is 0 Å². The van der Waals surface area contributed by atoms with E-state index in [1.165, 1.54) is 0 Å². The number of nitrogens with zero attached hydrogens (tertiary/aromatic N) is 18. The zero-order chi connectivity index (χ0) is 49.4. The predicted molar refractivity (Wildman–Crippen MR) is 269 cm³/mol. The van der Waals surface area contributed by atoms with E-state index in [1.807, 2.05) is 26.0 Å². The maximum atomic E-state index is 2.38. The molecule has 0 aliphatic heterocycles. The molecule has 0 saturated carbocycles. The van der Waals surface area contributed by atoms with Crippen LogP contribution in [0.2, 0.25) is 0 Å². The molecular weight excluding hydrogens is 757 g/mol. The Kier molecular flexibility index (Phi) is 47.1. The summed E-state index contributed by atoms with van der Waals surface area (Å²) < 4.78 is 0. The molecule has 0 amide bonds. The Morgan fingerprint density at radius 2 is 0.433 bits per heavy atom. The maximum absolute atomic E-state index is 2.38. The minimum Gasteiger partial charge on any atom is -0.312 e. The van der Waals surface area contributed by atoms with Crippen LogP contribution in [0.15, 0.2) is 0 Å². The van der Waals surface area contributed by atoms with Gasteiger partial charge in [0, 0.05) is 6.67 Å². The Morgan fingerprint density at radius 1 is 0.250 bits per heavy atom. The zero-order valence-corrected chi connectivity index (χ0v) is 47.1. The summed E-state index contributed by atoms with van der Waals surface area (Å²) in [5.41, 5.74) is 0. The van der Waals surface area contributed by atoms with Crippen LogP contribution in [0.3, 0.4) is 0 Å². The molecule has 0 radical (unpaired) electrons. The van der Waals surface area contributed by atoms with Crippen LogP contribution in [-0.2, 0) is 0 Å². The van der Waals surface area contributed by atoms with Crippen LogP contribution in [0.25, 0.3) is 0 Å². The highest BCUT2D eigenvalue weighted by Gasteiger charge is 2.40. The Hall–Kier alpha value is -0.720. The summed E-state index contributed by atoms with van der Waals surface area (Å²) >= 11 is 0. The summed E-state index contributed by atoms with van der Waals surface area (Å²) in [6, 6.07) is 0. The lowest BCUT2D eigenvalue weighted by atomic mass is 10.4. The van der Waals surface area contributed by atoms with Crippen LogP contribution in [-0.4, -0.2) is 380 Å². The van der Waals surface area contributed by atoms with Crippen molar-refractivity contribution in [3.05, 3.63) is 0 Å². The van der Waals surface area contributed by atoms with E-state index >= 15 is 0 Å². The van der Waals surface area contributed by atoms with E-state index in [0.29, 0.717) is 6.29 Å². The van der Waals surface area contributed by atoms with E-state index < -0.39 is 0 Å². The second kappa shape index (κ2) is 39.8. The van der Waals surface area contributed by atoms with Crippen LogP contribution in [0.4, 0.5) is 0 Å². The average Bonchev–Trinajstić information content (AvgIpc) is 2.94. The van der Waals surface area contributed by atoms with E-state index in [0.717, 1.165) is 46.7 Å². The Balaban J connectivity index is -0.000000150. The fourth-order valence-corrected chi connectivity index (χ4v) is 7.15. The molecule has 0 unspecified atom stereocenters. The highest BCUT2D eigenvalue weighted by Crippen LogP contribution is 2.20. The van der Waals surface area contributed by atoms with Crippen molar-refractivity contribution in [1.82, 2.24) is 88.2 Å².